The number of rotatable bonds is 1. The zero-order chi connectivity index (χ0) is 12.7. The van der Waals surface area contributed by atoms with E-state index in [2.05, 4.69) is 48.6 Å². The number of hydrogen-bond acceptors (Lipinski definition) is 0. The van der Waals surface area contributed by atoms with Gasteiger partial charge >= 0.3 is 0 Å². The minimum atomic E-state index is 1.13. The van der Waals surface area contributed by atoms with Gasteiger partial charge in [-0.1, -0.05) is 48.6 Å². The van der Waals surface area contributed by atoms with Crippen molar-refractivity contribution in [1.29, 1.82) is 0 Å². The Morgan fingerprint density at radius 3 is 2.68 bits per heavy atom. The second kappa shape index (κ2) is 4.38. The predicted molar refractivity (Wildman–Crippen MR) is 82.2 cm³/mol. The highest BCUT2D eigenvalue weighted by Gasteiger charge is 2.18. The highest BCUT2D eigenvalue weighted by molar-refractivity contribution is 5.94. The molecule has 0 saturated carbocycles. The van der Waals surface area contributed by atoms with Crippen LogP contribution in [0.2, 0.25) is 0 Å². The van der Waals surface area contributed by atoms with Crippen molar-refractivity contribution in [3.63, 3.8) is 0 Å². The minimum Gasteiger partial charge on any atom is -0.0810 e. The molecule has 0 bridgehead atoms. The van der Waals surface area contributed by atoms with Crippen molar-refractivity contribution in [2.24, 2.45) is 0 Å². The molecule has 0 unspecified atom stereocenters. The van der Waals surface area contributed by atoms with E-state index in [0.717, 1.165) is 6.42 Å². The van der Waals surface area contributed by atoms with Gasteiger partial charge < -0.3 is 0 Å². The second-order valence-corrected chi connectivity index (χ2v) is 5.68. The van der Waals surface area contributed by atoms with E-state index in [4.69, 9.17) is 0 Å². The van der Waals surface area contributed by atoms with E-state index in [0.29, 0.717) is 0 Å². The predicted octanol–water partition coefficient (Wildman–Crippen LogP) is 5.28. The van der Waals surface area contributed by atoms with Crippen LogP contribution in [0, 0.1) is 0 Å². The Balaban J connectivity index is 1.83. The molecule has 0 N–H and O–H groups in total. The molecule has 0 aromatic heterocycles. The van der Waals surface area contributed by atoms with Crippen molar-refractivity contribution in [2.45, 2.75) is 32.1 Å². The molecule has 94 valence electrons. The van der Waals surface area contributed by atoms with Crippen LogP contribution >= 0.6 is 0 Å². The Morgan fingerprint density at radius 1 is 0.842 bits per heavy atom. The molecule has 0 aliphatic heterocycles. The SMILES string of the molecule is C1=C(C2=Cc3c(ccc4ccccc34)C2)CCCC1. The third-order valence-electron chi connectivity index (χ3n) is 4.46. The number of fused-ring (bicyclic) bond motifs is 3. The summed E-state index contributed by atoms with van der Waals surface area (Å²) < 4.78 is 0. The fourth-order valence-electron chi connectivity index (χ4n) is 3.43. The van der Waals surface area contributed by atoms with Crippen LogP contribution in [0.3, 0.4) is 0 Å². The smallest absolute Gasteiger partial charge is 0.00168 e. The molecule has 19 heavy (non-hydrogen) atoms. The quantitative estimate of drug-likeness (QED) is 0.642. The lowest BCUT2D eigenvalue weighted by Gasteiger charge is -2.13. The lowest BCUT2D eigenvalue weighted by atomic mass is 9.92. The number of benzene rings is 2. The third-order valence-corrected chi connectivity index (χ3v) is 4.46. The van der Waals surface area contributed by atoms with E-state index in [-0.39, 0.29) is 0 Å². The van der Waals surface area contributed by atoms with Crippen LogP contribution in [0.15, 0.2) is 53.6 Å². The average Bonchev–Trinajstić information content (AvgIpc) is 2.93. The van der Waals surface area contributed by atoms with Crippen molar-refractivity contribution in [3.8, 4) is 0 Å². The molecule has 0 amide bonds. The summed E-state index contributed by atoms with van der Waals surface area (Å²) in [6, 6.07) is 13.3. The summed E-state index contributed by atoms with van der Waals surface area (Å²) >= 11 is 0. The zero-order valence-electron chi connectivity index (χ0n) is 11.2. The number of hydrogen-bond donors (Lipinski definition) is 0. The molecule has 2 aromatic carbocycles. The Hall–Kier alpha value is -1.82. The molecule has 0 atom stereocenters. The van der Waals surface area contributed by atoms with E-state index < -0.39 is 0 Å². The maximum Gasteiger partial charge on any atom is -0.00168 e. The van der Waals surface area contributed by atoms with Crippen molar-refractivity contribution >= 4 is 16.8 Å². The van der Waals surface area contributed by atoms with E-state index in [1.807, 2.05) is 0 Å². The standard InChI is InChI=1S/C19H18/c1-2-6-14(7-3-1)17-12-16-11-10-15-8-4-5-9-18(15)19(16)13-17/h4-6,8-11,13H,1-3,7,12H2. The molecule has 0 saturated heterocycles. The lowest BCUT2D eigenvalue weighted by molar-refractivity contribution is 0.704. The molecule has 4 rings (SSSR count). The molecule has 0 spiro atoms. The van der Waals surface area contributed by atoms with Crippen LogP contribution < -0.4 is 0 Å². The van der Waals surface area contributed by atoms with Crippen molar-refractivity contribution < 1.29 is 0 Å². The van der Waals surface area contributed by atoms with Gasteiger partial charge in [-0.3, -0.25) is 0 Å². The summed E-state index contributed by atoms with van der Waals surface area (Å²) in [4.78, 5) is 0. The average molecular weight is 246 g/mol. The van der Waals surface area contributed by atoms with Crippen LogP contribution in [-0.4, -0.2) is 0 Å². The van der Waals surface area contributed by atoms with Gasteiger partial charge in [0.15, 0.2) is 0 Å². The lowest BCUT2D eigenvalue weighted by Crippen LogP contribution is -1.95. The van der Waals surface area contributed by atoms with Gasteiger partial charge in [0, 0.05) is 0 Å². The summed E-state index contributed by atoms with van der Waals surface area (Å²) in [5.74, 6) is 0. The molecule has 0 heteroatoms. The maximum atomic E-state index is 2.46. The van der Waals surface area contributed by atoms with Crippen molar-refractivity contribution in [2.75, 3.05) is 0 Å². The molecule has 2 aliphatic carbocycles. The Morgan fingerprint density at radius 2 is 1.79 bits per heavy atom. The van der Waals surface area contributed by atoms with Crippen LogP contribution in [0.25, 0.3) is 16.8 Å². The maximum absolute atomic E-state index is 2.46. The fourth-order valence-corrected chi connectivity index (χ4v) is 3.43. The molecule has 0 radical (unpaired) electrons. The largest absolute Gasteiger partial charge is 0.0810 e. The normalized spacial score (nSPS) is 18.1. The molecule has 0 heterocycles. The van der Waals surface area contributed by atoms with E-state index >= 15 is 0 Å². The van der Waals surface area contributed by atoms with Gasteiger partial charge in [-0.05, 0) is 65.1 Å². The van der Waals surface area contributed by atoms with Gasteiger partial charge in [-0.25, -0.2) is 0 Å². The Labute approximate surface area is 114 Å². The topological polar surface area (TPSA) is 0 Å². The minimum absolute atomic E-state index is 1.13. The van der Waals surface area contributed by atoms with Crippen LogP contribution in [-0.2, 0) is 6.42 Å². The molecular weight excluding hydrogens is 228 g/mol. The van der Waals surface area contributed by atoms with Gasteiger partial charge in [0.2, 0.25) is 0 Å². The summed E-state index contributed by atoms with van der Waals surface area (Å²) in [6.07, 6.45) is 11.3. The monoisotopic (exact) mass is 246 g/mol. The first-order valence-electron chi connectivity index (χ1n) is 7.32. The van der Waals surface area contributed by atoms with Gasteiger partial charge in [-0.15, -0.1) is 0 Å². The van der Waals surface area contributed by atoms with Gasteiger partial charge in [0.05, 0.1) is 0 Å². The molecule has 2 aliphatic rings. The van der Waals surface area contributed by atoms with E-state index in [9.17, 15) is 0 Å². The van der Waals surface area contributed by atoms with E-state index in [1.165, 1.54) is 47.6 Å². The number of allylic oxidation sites excluding steroid dienone is 3. The van der Waals surface area contributed by atoms with Crippen molar-refractivity contribution in [1.82, 2.24) is 0 Å². The zero-order valence-corrected chi connectivity index (χ0v) is 11.2. The highest BCUT2D eigenvalue weighted by Crippen LogP contribution is 2.36. The van der Waals surface area contributed by atoms with Crippen LogP contribution in [0.5, 0.6) is 0 Å². The van der Waals surface area contributed by atoms with Gasteiger partial charge in [0.1, 0.15) is 0 Å². The second-order valence-electron chi connectivity index (χ2n) is 5.68. The molecule has 0 nitrogen and oxygen atoms in total. The first-order chi connectivity index (χ1) is 9.42. The van der Waals surface area contributed by atoms with Gasteiger partial charge in [-0.2, -0.15) is 0 Å². The third kappa shape index (κ3) is 1.83. The Bertz CT molecular complexity index is 701. The summed E-state index contributed by atoms with van der Waals surface area (Å²) in [7, 11) is 0. The molecular formula is C19H18. The van der Waals surface area contributed by atoms with Crippen LogP contribution in [0.1, 0.15) is 36.8 Å². The fraction of sp³-hybridized carbons (Fsp3) is 0.263. The summed E-state index contributed by atoms with van der Waals surface area (Å²) in [6.45, 7) is 0. The van der Waals surface area contributed by atoms with Gasteiger partial charge in [0.25, 0.3) is 0 Å². The van der Waals surface area contributed by atoms with E-state index in [1.54, 1.807) is 11.1 Å². The van der Waals surface area contributed by atoms with Crippen molar-refractivity contribution in [3.05, 3.63) is 64.7 Å². The first kappa shape index (κ1) is 11.0. The molecule has 2 aromatic rings. The highest BCUT2D eigenvalue weighted by atomic mass is 14.2. The molecule has 0 fully saturated rings. The summed E-state index contributed by atoms with van der Waals surface area (Å²) in [5.41, 5.74) is 6.12. The first-order valence-corrected chi connectivity index (χ1v) is 7.32. The summed E-state index contributed by atoms with van der Waals surface area (Å²) in [5, 5.41) is 2.77. The van der Waals surface area contributed by atoms with Crippen LogP contribution in [0.4, 0.5) is 0 Å². The Kier molecular flexibility index (Phi) is 2.55.